The molecule has 1 fully saturated rings. The van der Waals surface area contributed by atoms with Crippen molar-refractivity contribution in [2.45, 2.75) is 20.8 Å². The summed E-state index contributed by atoms with van der Waals surface area (Å²) in [6.45, 7) is 11.9. The summed E-state index contributed by atoms with van der Waals surface area (Å²) in [4.78, 5) is 44.0. The standard InChI is InChI=1S/C29H42N6O5/c1-5-33(6-2)15-14-30-28(37)23-20-22(32-29(38)31-21-27(36)40-7-3)12-13-24(23)34-16-18-35(19-17-34)25-10-8-9-11-26(25)39-4/h8-13,20H,5-7,14-19,21H2,1-4H3,(H,30,37)(H2,31,32,38). The number of nitrogens with zero attached hydrogens (tertiary/aromatic N) is 3. The van der Waals surface area contributed by atoms with Crippen molar-refractivity contribution in [1.29, 1.82) is 0 Å². The van der Waals surface area contributed by atoms with Gasteiger partial charge in [0.05, 0.1) is 25.0 Å². The number of benzene rings is 2. The molecule has 0 spiro atoms. The van der Waals surface area contributed by atoms with Gasteiger partial charge < -0.3 is 40.1 Å². The van der Waals surface area contributed by atoms with Gasteiger partial charge in [-0.05, 0) is 50.3 Å². The molecule has 0 saturated carbocycles. The van der Waals surface area contributed by atoms with Gasteiger partial charge in [-0.25, -0.2) is 4.79 Å². The lowest BCUT2D eigenvalue weighted by atomic mass is 10.1. The molecule has 0 aliphatic carbocycles. The molecule has 0 radical (unpaired) electrons. The van der Waals surface area contributed by atoms with Gasteiger partial charge in [0, 0.05) is 50.6 Å². The molecule has 11 heteroatoms. The average Bonchev–Trinajstić information content (AvgIpc) is 2.98. The van der Waals surface area contributed by atoms with Crippen LogP contribution < -0.4 is 30.5 Å². The number of ether oxygens (including phenoxy) is 2. The molecule has 0 bridgehead atoms. The Morgan fingerprint density at radius 1 is 0.900 bits per heavy atom. The number of anilines is 3. The van der Waals surface area contributed by atoms with E-state index < -0.39 is 12.0 Å². The second kappa shape index (κ2) is 15.6. The van der Waals surface area contributed by atoms with Gasteiger partial charge in [0.25, 0.3) is 5.91 Å². The van der Waals surface area contributed by atoms with Crippen LogP contribution in [-0.4, -0.2) is 95.4 Å². The number of piperazine rings is 1. The fraction of sp³-hybridized carbons (Fsp3) is 0.483. The van der Waals surface area contributed by atoms with Crippen LogP contribution in [0.4, 0.5) is 21.9 Å². The van der Waals surface area contributed by atoms with Crippen LogP contribution in [0, 0.1) is 0 Å². The highest BCUT2D eigenvalue weighted by Gasteiger charge is 2.24. The number of methoxy groups -OCH3 is 1. The van der Waals surface area contributed by atoms with Gasteiger partial charge >= 0.3 is 12.0 Å². The van der Waals surface area contributed by atoms with Crippen LogP contribution >= 0.6 is 0 Å². The third kappa shape index (κ3) is 8.51. The zero-order valence-corrected chi connectivity index (χ0v) is 24.0. The molecule has 0 unspecified atom stereocenters. The summed E-state index contributed by atoms with van der Waals surface area (Å²) < 4.78 is 10.4. The van der Waals surface area contributed by atoms with Gasteiger partial charge in [-0.3, -0.25) is 9.59 Å². The Hall–Kier alpha value is -3.99. The van der Waals surface area contributed by atoms with Crippen molar-refractivity contribution in [2.24, 2.45) is 0 Å². The third-order valence-electron chi connectivity index (χ3n) is 6.85. The molecule has 0 aromatic heterocycles. The maximum absolute atomic E-state index is 13.4. The first-order chi connectivity index (χ1) is 19.4. The number of urea groups is 1. The van der Waals surface area contributed by atoms with Crippen molar-refractivity contribution in [3.63, 3.8) is 0 Å². The Morgan fingerprint density at radius 2 is 1.57 bits per heavy atom. The Bertz CT molecular complexity index is 1130. The van der Waals surface area contributed by atoms with Crippen molar-refractivity contribution in [3.8, 4) is 5.75 Å². The predicted molar refractivity (Wildman–Crippen MR) is 158 cm³/mol. The van der Waals surface area contributed by atoms with Crippen molar-refractivity contribution in [1.82, 2.24) is 15.5 Å². The van der Waals surface area contributed by atoms with Gasteiger partial charge in [-0.2, -0.15) is 0 Å². The number of hydrogen-bond donors (Lipinski definition) is 3. The molecule has 1 aliphatic heterocycles. The molecule has 1 aliphatic rings. The lowest BCUT2D eigenvalue weighted by Crippen LogP contribution is -2.47. The summed E-state index contributed by atoms with van der Waals surface area (Å²) in [6, 6.07) is 12.7. The van der Waals surface area contributed by atoms with Crippen molar-refractivity contribution in [3.05, 3.63) is 48.0 Å². The number of amides is 3. The van der Waals surface area contributed by atoms with Crippen LogP contribution in [0.15, 0.2) is 42.5 Å². The smallest absolute Gasteiger partial charge is 0.325 e. The van der Waals surface area contributed by atoms with E-state index in [1.54, 1.807) is 26.2 Å². The minimum Gasteiger partial charge on any atom is -0.495 e. The van der Waals surface area contributed by atoms with E-state index >= 15 is 0 Å². The Balaban J connectivity index is 1.74. The molecule has 3 amide bonds. The van der Waals surface area contributed by atoms with Gasteiger partial charge in [-0.1, -0.05) is 26.0 Å². The molecule has 40 heavy (non-hydrogen) atoms. The second-order valence-corrected chi connectivity index (χ2v) is 9.27. The van der Waals surface area contributed by atoms with E-state index in [0.717, 1.165) is 49.8 Å². The van der Waals surface area contributed by atoms with Gasteiger partial charge in [0.1, 0.15) is 12.3 Å². The van der Waals surface area contributed by atoms with E-state index in [0.29, 0.717) is 30.9 Å². The average molecular weight is 555 g/mol. The summed E-state index contributed by atoms with van der Waals surface area (Å²) in [5.74, 6) is 0.110. The normalized spacial score (nSPS) is 13.1. The van der Waals surface area contributed by atoms with E-state index in [4.69, 9.17) is 9.47 Å². The number of esters is 1. The highest BCUT2D eigenvalue weighted by atomic mass is 16.5. The van der Waals surface area contributed by atoms with E-state index in [2.05, 4.69) is 50.6 Å². The third-order valence-corrected chi connectivity index (χ3v) is 6.85. The number of nitrogens with one attached hydrogen (secondary N) is 3. The number of carbonyl (C=O) groups is 3. The minimum atomic E-state index is -0.556. The monoisotopic (exact) mass is 554 g/mol. The first kappa shape index (κ1) is 30.6. The molecule has 1 saturated heterocycles. The predicted octanol–water partition coefficient (Wildman–Crippen LogP) is 2.78. The van der Waals surface area contributed by atoms with Crippen LogP contribution in [0.25, 0.3) is 0 Å². The first-order valence-corrected chi connectivity index (χ1v) is 13.9. The first-order valence-electron chi connectivity index (χ1n) is 13.9. The largest absolute Gasteiger partial charge is 0.495 e. The van der Waals surface area contributed by atoms with Crippen LogP contribution in [0.1, 0.15) is 31.1 Å². The van der Waals surface area contributed by atoms with E-state index in [1.165, 1.54) is 0 Å². The number of carbonyl (C=O) groups excluding carboxylic acids is 3. The fourth-order valence-corrected chi connectivity index (χ4v) is 4.65. The summed E-state index contributed by atoms with van der Waals surface area (Å²) in [7, 11) is 1.67. The summed E-state index contributed by atoms with van der Waals surface area (Å²) in [5, 5.41) is 8.23. The number of hydrogen-bond acceptors (Lipinski definition) is 8. The maximum Gasteiger partial charge on any atom is 0.325 e. The zero-order chi connectivity index (χ0) is 28.9. The molecule has 2 aromatic carbocycles. The Labute approximate surface area is 236 Å². The van der Waals surface area contributed by atoms with E-state index in [9.17, 15) is 14.4 Å². The lowest BCUT2D eigenvalue weighted by molar-refractivity contribution is -0.141. The summed E-state index contributed by atoms with van der Waals surface area (Å²) >= 11 is 0. The zero-order valence-electron chi connectivity index (χ0n) is 24.0. The molecule has 2 aromatic rings. The topological polar surface area (TPSA) is 115 Å². The molecule has 218 valence electrons. The Morgan fingerprint density at radius 3 is 2.23 bits per heavy atom. The van der Waals surface area contributed by atoms with Gasteiger partial charge in [0.15, 0.2) is 0 Å². The quantitative estimate of drug-likeness (QED) is 0.324. The molecule has 3 N–H and O–H groups in total. The molecule has 1 heterocycles. The summed E-state index contributed by atoms with van der Waals surface area (Å²) in [6.07, 6.45) is 0. The molecular formula is C29H42N6O5. The second-order valence-electron chi connectivity index (χ2n) is 9.27. The van der Waals surface area contributed by atoms with Crippen LogP contribution in [0.2, 0.25) is 0 Å². The van der Waals surface area contributed by atoms with Crippen molar-refractivity contribution < 1.29 is 23.9 Å². The van der Waals surface area contributed by atoms with Crippen LogP contribution in [-0.2, 0) is 9.53 Å². The fourth-order valence-electron chi connectivity index (χ4n) is 4.65. The molecule has 3 rings (SSSR count). The number of likely N-dealkylation sites (N-methyl/N-ethyl adjacent to an activating group) is 1. The molecule has 11 nitrogen and oxygen atoms in total. The van der Waals surface area contributed by atoms with E-state index in [-0.39, 0.29) is 19.1 Å². The van der Waals surface area contributed by atoms with E-state index in [1.807, 2.05) is 24.3 Å². The van der Waals surface area contributed by atoms with Crippen molar-refractivity contribution >= 4 is 35.0 Å². The molecular weight excluding hydrogens is 512 g/mol. The number of para-hydroxylation sites is 2. The Kier molecular flexibility index (Phi) is 11.9. The maximum atomic E-state index is 13.4. The lowest BCUT2D eigenvalue weighted by Gasteiger charge is -2.38. The van der Waals surface area contributed by atoms with Crippen LogP contribution in [0.5, 0.6) is 5.75 Å². The number of rotatable bonds is 13. The van der Waals surface area contributed by atoms with Crippen molar-refractivity contribution in [2.75, 3.05) is 87.7 Å². The highest BCUT2D eigenvalue weighted by Crippen LogP contribution is 2.31. The SMILES string of the molecule is CCOC(=O)CNC(=O)Nc1ccc(N2CCN(c3ccccc3OC)CC2)c(C(=O)NCCN(CC)CC)c1. The minimum absolute atomic E-state index is 0.204. The summed E-state index contributed by atoms with van der Waals surface area (Å²) in [5.41, 5.74) is 2.78. The van der Waals surface area contributed by atoms with Gasteiger partial charge in [0.2, 0.25) is 0 Å². The molecule has 0 atom stereocenters. The van der Waals surface area contributed by atoms with Gasteiger partial charge in [-0.15, -0.1) is 0 Å². The highest BCUT2D eigenvalue weighted by molar-refractivity contribution is 6.02. The van der Waals surface area contributed by atoms with Crippen LogP contribution in [0.3, 0.4) is 0 Å².